The summed E-state index contributed by atoms with van der Waals surface area (Å²) in [6.07, 6.45) is 6.79. The number of hydrogen-bond donors (Lipinski definition) is 2. The Morgan fingerprint density at radius 1 is 1.03 bits per heavy atom. The van der Waals surface area contributed by atoms with E-state index in [1.54, 1.807) is 7.05 Å². The van der Waals surface area contributed by atoms with Gasteiger partial charge in [0.25, 0.3) is 0 Å². The van der Waals surface area contributed by atoms with Crippen LogP contribution in [0.3, 0.4) is 0 Å². The number of carbonyl (C=O) groups is 2. The molecule has 2 bridgehead atoms. The fourth-order valence-electron chi connectivity index (χ4n) is 4.95. The van der Waals surface area contributed by atoms with Crippen LogP contribution < -0.4 is 15.4 Å². The van der Waals surface area contributed by atoms with Crippen LogP contribution in [0.1, 0.15) is 24.8 Å². The number of aryl methyl sites for hydroxylation is 1. The van der Waals surface area contributed by atoms with Crippen molar-refractivity contribution in [2.45, 2.75) is 26.2 Å². The molecule has 1 aliphatic heterocycles. The smallest absolute Gasteiger partial charge is 0.233 e. The van der Waals surface area contributed by atoms with Gasteiger partial charge in [-0.05, 0) is 50.2 Å². The molecule has 2 fully saturated rings. The van der Waals surface area contributed by atoms with Crippen molar-refractivity contribution in [1.82, 2.24) is 15.5 Å². The molecule has 4 unspecified atom stereocenters. The summed E-state index contributed by atoms with van der Waals surface area (Å²) in [5.41, 5.74) is 1.22. The Labute approximate surface area is 207 Å². The second-order valence-corrected chi connectivity index (χ2v) is 8.62. The average molecular weight is 552 g/mol. The number of guanidine groups is 1. The first-order valence-corrected chi connectivity index (χ1v) is 11.3. The van der Waals surface area contributed by atoms with Gasteiger partial charge in [-0.3, -0.25) is 19.5 Å². The van der Waals surface area contributed by atoms with Gasteiger partial charge >= 0.3 is 0 Å². The molecule has 8 heteroatoms. The molecule has 1 saturated heterocycles. The second kappa shape index (κ2) is 11.2. The monoisotopic (exact) mass is 552 g/mol. The lowest BCUT2D eigenvalue weighted by atomic mass is 9.85. The van der Waals surface area contributed by atoms with Crippen molar-refractivity contribution in [3.05, 3.63) is 42.0 Å². The SMILES string of the molecule is CN=C(NCCCOc1ccc(C)cc1)NCCCN1C(=O)C2C3C=CC(C3)C2C1=O.I. The van der Waals surface area contributed by atoms with Crippen LogP contribution in [-0.4, -0.2) is 56.0 Å². The number of rotatable bonds is 9. The van der Waals surface area contributed by atoms with Crippen LogP contribution in [0.5, 0.6) is 5.75 Å². The number of ether oxygens (including phenoxy) is 1. The Kier molecular flexibility index (Phi) is 8.56. The molecule has 4 rings (SSSR count). The van der Waals surface area contributed by atoms with E-state index in [1.165, 1.54) is 10.5 Å². The zero-order chi connectivity index (χ0) is 21.8. The summed E-state index contributed by atoms with van der Waals surface area (Å²) in [6, 6.07) is 8.04. The lowest BCUT2D eigenvalue weighted by Crippen LogP contribution is -2.40. The zero-order valence-electron chi connectivity index (χ0n) is 18.8. The number of benzene rings is 1. The number of halogens is 1. The van der Waals surface area contributed by atoms with Gasteiger partial charge < -0.3 is 15.4 Å². The first-order valence-electron chi connectivity index (χ1n) is 11.3. The van der Waals surface area contributed by atoms with Gasteiger partial charge in [0.05, 0.1) is 18.4 Å². The van der Waals surface area contributed by atoms with Gasteiger partial charge in [-0.1, -0.05) is 29.8 Å². The fourth-order valence-corrected chi connectivity index (χ4v) is 4.95. The molecule has 0 radical (unpaired) electrons. The van der Waals surface area contributed by atoms with Crippen molar-refractivity contribution in [3.8, 4) is 5.75 Å². The van der Waals surface area contributed by atoms with E-state index in [1.807, 2.05) is 24.3 Å². The minimum Gasteiger partial charge on any atom is -0.494 e. The van der Waals surface area contributed by atoms with E-state index in [0.717, 1.165) is 25.1 Å². The van der Waals surface area contributed by atoms with Crippen molar-refractivity contribution < 1.29 is 14.3 Å². The van der Waals surface area contributed by atoms with Crippen LogP contribution >= 0.6 is 24.0 Å². The molecule has 2 amide bonds. The molecule has 174 valence electrons. The number of nitrogens with one attached hydrogen (secondary N) is 2. The number of imide groups is 1. The molecule has 3 aliphatic rings. The standard InChI is InChI=1S/C24H32N4O3.HI/c1-16-5-9-19(10-6-16)31-14-4-12-27-24(25-2)26-11-3-13-28-22(29)20-17-7-8-18(15-17)21(20)23(28)30;/h5-10,17-18,20-21H,3-4,11-15H2,1-2H3,(H2,25,26,27);1H. The van der Waals surface area contributed by atoms with Gasteiger partial charge in [-0.2, -0.15) is 0 Å². The number of hydrogen-bond acceptors (Lipinski definition) is 4. The Morgan fingerprint density at radius 3 is 2.22 bits per heavy atom. The Hall–Kier alpha value is -2.10. The number of aliphatic imine (C=N–C) groups is 1. The van der Waals surface area contributed by atoms with Crippen LogP contribution in [0.2, 0.25) is 0 Å². The van der Waals surface area contributed by atoms with Crippen molar-refractivity contribution in [2.24, 2.45) is 28.7 Å². The average Bonchev–Trinajstić information content (AvgIpc) is 3.45. The lowest BCUT2D eigenvalue weighted by Gasteiger charge is -2.18. The van der Waals surface area contributed by atoms with E-state index in [-0.39, 0.29) is 59.5 Å². The molecular weight excluding hydrogens is 519 g/mol. The van der Waals surface area contributed by atoms with Crippen molar-refractivity contribution in [2.75, 3.05) is 33.3 Å². The van der Waals surface area contributed by atoms with Crippen molar-refractivity contribution in [3.63, 3.8) is 0 Å². The molecule has 2 aliphatic carbocycles. The summed E-state index contributed by atoms with van der Waals surface area (Å²) in [5, 5.41) is 6.52. The molecule has 7 nitrogen and oxygen atoms in total. The van der Waals surface area contributed by atoms with Gasteiger partial charge in [0.15, 0.2) is 5.96 Å². The Bertz CT molecular complexity index is 841. The molecule has 1 heterocycles. The van der Waals surface area contributed by atoms with Crippen LogP contribution in [0.4, 0.5) is 0 Å². The summed E-state index contributed by atoms with van der Waals surface area (Å²) in [5.74, 6) is 1.99. The van der Waals surface area contributed by atoms with Crippen molar-refractivity contribution >= 4 is 41.8 Å². The third-order valence-electron chi connectivity index (χ3n) is 6.54. The van der Waals surface area contributed by atoms with Crippen molar-refractivity contribution in [1.29, 1.82) is 0 Å². The molecule has 1 aromatic rings. The molecule has 0 aromatic heterocycles. The number of fused-ring (bicyclic) bond motifs is 5. The highest BCUT2D eigenvalue weighted by molar-refractivity contribution is 14.0. The Morgan fingerprint density at radius 2 is 1.62 bits per heavy atom. The van der Waals surface area contributed by atoms with Gasteiger partial charge in [0.2, 0.25) is 11.8 Å². The Balaban J connectivity index is 0.00000289. The number of carbonyl (C=O) groups excluding carboxylic acids is 2. The van der Waals surface area contributed by atoms with Crippen LogP contribution in [-0.2, 0) is 9.59 Å². The maximum Gasteiger partial charge on any atom is 0.233 e. The normalized spacial score (nSPS) is 25.7. The molecular formula is C24H33IN4O3. The number of likely N-dealkylation sites (tertiary alicyclic amines) is 1. The highest BCUT2D eigenvalue weighted by atomic mass is 127. The summed E-state index contributed by atoms with van der Waals surface area (Å²) in [4.78, 5) is 31.1. The molecule has 1 saturated carbocycles. The first kappa shape index (κ1) is 24.5. The maximum atomic E-state index is 12.7. The van der Waals surface area contributed by atoms with Gasteiger partial charge in [0.1, 0.15) is 5.75 Å². The van der Waals surface area contributed by atoms with E-state index in [2.05, 4.69) is 34.7 Å². The topological polar surface area (TPSA) is 83.0 Å². The third-order valence-corrected chi connectivity index (χ3v) is 6.54. The first-order chi connectivity index (χ1) is 15.1. The van der Waals surface area contributed by atoms with E-state index in [9.17, 15) is 9.59 Å². The summed E-state index contributed by atoms with van der Waals surface area (Å²) in [7, 11) is 1.73. The molecule has 0 spiro atoms. The lowest BCUT2D eigenvalue weighted by molar-refractivity contribution is -0.140. The number of nitrogens with zero attached hydrogens (tertiary/aromatic N) is 2. The molecule has 4 atom stereocenters. The van der Waals surface area contributed by atoms with E-state index < -0.39 is 0 Å². The van der Waals surface area contributed by atoms with Gasteiger partial charge in [0, 0.05) is 26.7 Å². The molecule has 32 heavy (non-hydrogen) atoms. The largest absolute Gasteiger partial charge is 0.494 e. The van der Waals surface area contributed by atoms with Crippen LogP contribution in [0.15, 0.2) is 41.4 Å². The zero-order valence-corrected chi connectivity index (χ0v) is 21.1. The number of amides is 2. The van der Waals surface area contributed by atoms with Gasteiger partial charge in [-0.15, -0.1) is 24.0 Å². The summed E-state index contributed by atoms with van der Waals surface area (Å²) >= 11 is 0. The maximum absolute atomic E-state index is 12.7. The van der Waals surface area contributed by atoms with E-state index in [4.69, 9.17) is 4.74 Å². The highest BCUT2D eigenvalue weighted by Crippen LogP contribution is 2.52. The molecule has 1 aromatic carbocycles. The predicted octanol–water partition coefficient (Wildman–Crippen LogP) is 2.74. The second-order valence-electron chi connectivity index (χ2n) is 8.62. The summed E-state index contributed by atoms with van der Waals surface area (Å²) < 4.78 is 5.73. The van der Waals surface area contributed by atoms with Crippen LogP contribution in [0.25, 0.3) is 0 Å². The minimum atomic E-state index is -0.105. The minimum absolute atomic E-state index is 0. The molecule has 2 N–H and O–H groups in total. The predicted molar refractivity (Wildman–Crippen MR) is 135 cm³/mol. The third kappa shape index (κ3) is 5.27. The fraction of sp³-hybridized carbons (Fsp3) is 0.542. The van der Waals surface area contributed by atoms with Crippen LogP contribution in [0, 0.1) is 30.6 Å². The van der Waals surface area contributed by atoms with E-state index >= 15 is 0 Å². The number of allylic oxidation sites excluding steroid dienone is 2. The summed E-state index contributed by atoms with van der Waals surface area (Å²) in [6.45, 7) is 4.55. The van der Waals surface area contributed by atoms with E-state index in [0.29, 0.717) is 32.1 Å². The quantitative estimate of drug-likeness (QED) is 0.123. The van der Waals surface area contributed by atoms with Gasteiger partial charge in [-0.25, -0.2) is 0 Å². The highest BCUT2D eigenvalue weighted by Gasteiger charge is 2.58.